The van der Waals surface area contributed by atoms with Crippen molar-refractivity contribution < 1.29 is 9.53 Å². The van der Waals surface area contributed by atoms with Gasteiger partial charge in [0.15, 0.2) is 0 Å². The molecule has 7 heteroatoms. The maximum absolute atomic E-state index is 12.5. The lowest BCUT2D eigenvalue weighted by Gasteiger charge is -2.24. The molecule has 6 nitrogen and oxygen atoms in total. The molecule has 174 valence electrons. The van der Waals surface area contributed by atoms with Crippen LogP contribution in [0.25, 0.3) is 22.0 Å². The zero-order valence-corrected chi connectivity index (χ0v) is 19.8. The van der Waals surface area contributed by atoms with Gasteiger partial charge >= 0.3 is 0 Å². The number of fused-ring (bicyclic) bond motifs is 1. The van der Waals surface area contributed by atoms with Crippen LogP contribution >= 0.6 is 12.2 Å². The number of hydrogen-bond acceptors (Lipinski definition) is 4. The summed E-state index contributed by atoms with van der Waals surface area (Å²) in [5, 5.41) is 1.19. The number of thiocarbonyl (C=S) groups is 1. The molecule has 3 heterocycles. The summed E-state index contributed by atoms with van der Waals surface area (Å²) in [5.41, 5.74) is 12.3. The molecule has 1 saturated heterocycles. The van der Waals surface area contributed by atoms with Gasteiger partial charge in [-0.25, -0.2) is 4.98 Å². The first-order chi connectivity index (χ1) is 16.6. The monoisotopic (exact) mass is 472 g/mol. The summed E-state index contributed by atoms with van der Waals surface area (Å²) in [5.74, 6) is 0.208. The standard InChI is InChI=1S/C27H28N4O2S/c28-27(34)20-3-1-2-19(13-20)25-16-31(22-8-10-33-11-9-22)26-12-18(5-7-24(25)26)4-6-23(32)14-21-15-29-17-30-21/h1-3,5,7,12-13,15-17,22H,4,6,8-11,14H2,(H2,28,34)(H,29,30). The van der Waals surface area contributed by atoms with E-state index in [1.165, 1.54) is 22.0 Å². The molecule has 0 bridgehead atoms. The third-order valence-electron chi connectivity index (χ3n) is 6.58. The van der Waals surface area contributed by atoms with E-state index in [0.29, 0.717) is 30.3 Å². The van der Waals surface area contributed by atoms with Crippen LogP contribution in [0.2, 0.25) is 0 Å². The lowest BCUT2D eigenvalue weighted by atomic mass is 10.00. The second-order valence-electron chi connectivity index (χ2n) is 8.88. The molecule has 0 spiro atoms. The van der Waals surface area contributed by atoms with Crippen molar-refractivity contribution in [2.45, 2.75) is 38.1 Å². The molecule has 0 aliphatic carbocycles. The lowest BCUT2D eigenvalue weighted by molar-refractivity contribution is -0.118. The summed E-state index contributed by atoms with van der Waals surface area (Å²) >= 11 is 5.20. The van der Waals surface area contributed by atoms with Crippen LogP contribution < -0.4 is 5.73 Å². The third-order valence-corrected chi connectivity index (χ3v) is 6.81. The second-order valence-corrected chi connectivity index (χ2v) is 9.32. The Labute approximate surface area is 204 Å². The molecule has 2 aromatic heterocycles. The Morgan fingerprint density at radius 3 is 2.82 bits per heavy atom. The number of imidazole rings is 1. The first-order valence-corrected chi connectivity index (χ1v) is 12.1. The fourth-order valence-electron chi connectivity index (χ4n) is 4.75. The van der Waals surface area contributed by atoms with Crippen molar-refractivity contribution in [3.8, 4) is 11.1 Å². The number of aromatic amines is 1. The summed E-state index contributed by atoms with van der Waals surface area (Å²) in [6.07, 6.45) is 9.16. The van der Waals surface area contributed by atoms with E-state index in [0.717, 1.165) is 42.9 Å². The van der Waals surface area contributed by atoms with Crippen LogP contribution in [-0.4, -0.2) is 38.5 Å². The van der Waals surface area contributed by atoms with Crippen molar-refractivity contribution in [1.29, 1.82) is 0 Å². The highest BCUT2D eigenvalue weighted by Gasteiger charge is 2.20. The molecule has 0 unspecified atom stereocenters. The van der Waals surface area contributed by atoms with Crippen molar-refractivity contribution >= 4 is 33.9 Å². The number of H-pyrrole nitrogens is 1. The fraction of sp³-hybridized carbons (Fsp3) is 0.296. The van der Waals surface area contributed by atoms with Crippen molar-refractivity contribution in [2.24, 2.45) is 5.73 Å². The Balaban J connectivity index is 1.47. The average Bonchev–Trinajstić information content (AvgIpc) is 3.51. The zero-order chi connectivity index (χ0) is 23.5. The largest absolute Gasteiger partial charge is 0.389 e. The Hall–Kier alpha value is -3.29. The molecule has 0 saturated carbocycles. The molecular weight excluding hydrogens is 444 g/mol. The van der Waals surface area contributed by atoms with Crippen LogP contribution in [0, 0.1) is 0 Å². The number of ether oxygens (including phenoxy) is 1. The third kappa shape index (κ3) is 4.81. The molecule has 0 amide bonds. The minimum Gasteiger partial charge on any atom is -0.389 e. The number of carbonyl (C=O) groups excluding carboxylic acids is 1. The number of rotatable bonds is 8. The zero-order valence-electron chi connectivity index (χ0n) is 19.0. The Kier molecular flexibility index (Phi) is 6.56. The quantitative estimate of drug-likeness (QED) is 0.361. The van der Waals surface area contributed by atoms with Gasteiger partial charge < -0.3 is 20.0 Å². The number of aryl methyl sites for hydroxylation is 1. The van der Waals surface area contributed by atoms with Gasteiger partial charge in [-0.3, -0.25) is 4.79 Å². The molecule has 0 atom stereocenters. The van der Waals surface area contributed by atoms with E-state index in [-0.39, 0.29) is 5.78 Å². The molecule has 3 N–H and O–H groups in total. The summed E-state index contributed by atoms with van der Waals surface area (Å²) in [6, 6.07) is 15.1. The van der Waals surface area contributed by atoms with Crippen LogP contribution in [0.3, 0.4) is 0 Å². The molecule has 0 radical (unpaired) electrons. The Morgan fingerprint density at radius 1 is 1.21 bits per heavy atom. The summed E-state index contributed by atoms with van der Waals surface area (Å²) in [7, 11) is 0. The predicted molar refractivity (Wildman–Crippen MR) is 138 cm³/mol. The molecule has 1 aliphatic rings. The summed E-state index contributed by atoms with van der Waals surface area (Å²) < 4.78 is 8.01. The SMILES string of the molecule is NC(=S)c1cccc(-c2cn(C3CCOCC3)c3cc(CCC(=O)Cc4cnc[nH]4)ccc23)c1. The van der Waals surface area contributed by atoms with Crippen LogP contribution in [-0.2, 0) is 22.4 Å². The fourth-order valence-corrected chi connectivity index (χ4v) is 4.88. The minimum absolute atomic E-state index is 0.208. The van der Waals surface area contributed by atoms with Gasteiger partial charge in [-0.05, 0) is 42.5 Å². The number of hydrogen-bond donors (Lipinski definition) is 2. The molecule has 4 aromatic rings. The van der Waals surface area contributed by atoms with E-state index in [1.807, 2.05) is 12.1 Å². The van der Waals surface area contributed by atoms with Gasteiger partial charge in [-0.15, -0.1) is 0 Å². The van der Waals surface area contributed by atoms with Gasteiger partial charge in [0.05, 0.1) is 6.33 Å². The van der Waals surface area contributed by atoms with E-state index < -0.39 is 0 Å². The Bertz CT molecular complexity index is 1320. The van der Waals surface area contributed by atoms with Gasteiger partial charge in [0.1, 0.15) is 10.8 Å². The van der Waals surface area contributed by atoms with Crippen molar-refractivity contribution in [3.63, 3.8) is 0 Å². The number of carbonyl (C=O) groups is 1. The van der Waals surface area contributed by atoms with Crippen LogP contribution in [0.4, 0.5) is 0 Å². The number of ketones is 1. The lowest BCUT2D eigenvalue weighted by Crippen LogP contribution is -2.18. The predicted octanol–water partition coefficient (Wildman–Crippen LogP) is 4.76. The number of Topliss-reactive ketones (excluding diaryl/α,β-unsaturated/α-hetero) is 1. The highest BCUT2D eigenvalue weighted by molar-refractivity contribution is 7.80. The summed E-state index contributed by atoms with van der Waals surface area (Å²) in [4.78, 5) is 19.8. The van der Waals surface area contributed by atoms with Crippen LogP contribution in [0.1, 0.15) is 42.1 Å². The number of nitrogens with zero attached hydrogens (tertiary/aromatic N) is 2. The summed E-state index contributed by atoms with van der Waals surface area (Å²) in [6.45, 7) is 1.55. The van der Waals surface area contributed by atoms with Crippen molar-refractivity contribution in [2.75, 3.05) is 13.2 Å². The Morgan fingerprint density at radius 2 is 2.06 bits per heavy atom. The average molecular weight is 473 g/mol. The molecule has 34 heavy (non-hydrogen) atoms. The highest BCUT2D eigenvalue weighted by atomic mass is 32.1. The van der Waals surface area contributed by atoms with Crippen LogP contribution in [0.5, 0.6) is 0 Å². The van der Waals surface area contributed by atoms with Gasteiger partial charge in [-0.2, -0.15) is 0 Å². The van der Waals surface area contributed by atoms with Crippen LogP contribution in [0.15, 0.2) is 61.2 Å². The number of aromatic nitrogens is 3. The number of nitrogens with one attached hydrogen (secondary N) is 1. The molecule has 1 aliphatic heterocycles. The van der Waals surface area contributed by atoms with E-state index in [1.54, 1.807) is 12.5 Å². The second kappa shape index (κ2) is 9.91. The maximum Gasteiger partial charge on any atom is 0.139 e. The normalized spacial score (nSPS) is 14.5. The van der Waals surface area contributed by atoms with Gasteiger partial charge in [-0.1, -0.05) is 42.5 Å². The van der Waals surface area contributed by atoms with E-state index in [4.69, 9.17) is 22.7 Å². The number of benzene rings is 2. The van der Waals surface area contributed by atoms with Crippen molar-refractivity contribution in [1.82, 2.24) is 14.5 Å². The molecule has 2 aromatic carbocycles. The minimum atomic E-state index is 0.208. The first-order valence-electron chi connectivity index (χ1n) is 11.7. The van der Waals surface area contributed by atoms with E-state index in [9.17, 15) is 4.79 Å². The van der Waals surface area contributed by atoms with E-state index >= 15 is 0 Å². The first kappa shape index (κ1) is 22.5. The van der Waals surface area contributed by atoms with Gasteiger partial charge in [0.25, 0.3) is 0 Å². The van der Waals surface area contributed by atoms with Gasteiger partial charge in [0, 0.05) is 72.2 Å². The highest BCUT2D eigenvalue weighted by Crippen LogP contribution is 2.36. The topological polar surface area (TPSA) is 85.9 Å². The maximum atomic E-state index is 12.5. The van der Waals surface area contributed by atoms with Crippen molar-refractivity contribution in [3.05, 3.63) is 78.0 Å². The molecular formula is C27H28N4O2S. The number of nitrogens with two attached hydrogens (primary N) is 1. The smallest absolute Gasteiger partial charge is 0.139 e. The molecule has 1 fully saturated rings. The van der Waals surface area contributed by atoms with E-state index in [2.05, 4.69) is 51.1 Å². The molecule has 5 rings (SSSR count). The van der Waals surface area contributed by atoms with Gasteiger partial charge in [0.2, 0.25) is 0 Å².